The maximum Gasteiger partial charge on any atom is 0.333 e. The molecular formula is C23H26Cl2N2O4S. The molecule has 0 spiro atoms. The third-order valence-corrected chi connectivity index (χ3v) is 7.24. The first kappa shape index (κ1) is 24.6. The van der Waals surface area contributed by atoms with Crippen molar-refractivity contribution in [2.75, 3.05) is 13.2 Å². The van der Waals surface area contributed by atoms with Crippen molar-refractivity contribution in [1.82, 2.24) is 9.88 Å². The first-order valence-electron chi connectivity index (χ1n) is 10.7. The van der Waals surface area contributed by atoms with E-state index in [0.717, 1.165) is 24.2 Å². The summed E-state index contributed by atoms with van der Waals surface area (Å²) in [7, 11) is 0. The average Bonchev–Trinajstić information content (AvgIpc) is 3.05. The van der Waals surface area contributed by atoms with E-state index in [9.17, 15) is 14.4 Å². The number of carbonyl (C=O) groups excluding carboxylic acids is 2. The van der Waals surface area contributed by atoms with E-state index < -0.39 is 5.97 Å². The highest BCUT2D eigenvalue weighted by Gasteiger charge is 2.16. The molecule has 1 aliphatic carbocycles. The molecule has 0 unspecified atom stereocenters. The molecule has 1 fully saturated rings. The number of hydrogen-bond acceptors (Lipinski definition) is 5. The molecule has 1 N–H and O–H groups in total. The van der Waals surface area contributed by atoms with Crippen LogP contribution in [-0.2, 0) is 20.9 Å². The summed E-state index contributed by atoms with van der Waals surface area (Å²) in [4.78, 5) is 37.7. The highest BCUT2D eigenvalue weighted by molar-refractivity contribution is 7.07. The van der Waals surface area contributed by atoms with Crippen LogP contribution < -0.4 is 20.1 Å². The number of aromatic nitrogens is 1. The lowest BCUT2D eigenvalue weighted by molar-refractivity contribution is -0.135. The number of ether oxygens (including phenoxy) is 1. The molecule has 3 rings (SSSR count). The number of carbonyl (C=O) groups is 2. The summed E-state index contributed by atoms with van der Waals surface area (Å²) in [6.07, 6.45) is 8.70. The second-order valence-corrected chi connectivity index (χ2v) is 9.54. The van der Waals surface area contributed by atoms with E-state index in [1.807, 2.05) is 0 Å². The van der Waals surface area contributed by atoms with Gasteiger partial charge in [0.2, 0.25) is 5.91 Å². The Labute approximate surface area is 200 Å². The number of benzene rings is 1. The molecular weight excluding hydrogens is 471 g/mol. The third-order valence-electron chi connectivity index (χ3n) is 5.35. The molecule has 1 aliphatic rings. The molecule has 0 bridgehead atoms. The van der Waals surface area contributed by atoms with Crippen LogP contribution in [0.5, 0.6) is 0 Å². The molecule has 1 saturated carbocycles. The lowest BCUT2D eigenvalue weighted by Gasteiger charge is -2.21. The van der Waals surface area contributed by atoms with Crippen molar-refractivity contribution in [2.24, 2.45) is 5.92 Å². The van der Waals surface area contributed by atoms with Crippen molar-refractivity contribution in [2.45, 2.75) is 45.6 Å². The minimum Gasteiger partial charge on any atom is -0.463 e. The number of thiazole rings is 1. The number of amides is 1. The number of halogens is 2. The van der Waals surface area contributed by atoms with Gasteiger partial charge in [-0.15, -0.1) is 11.3 Å². The Morgan fingerprint density at radius 1 is 1.25 bits per heavy atom. The molecule has 1 aromatic carbocycles. The van der Waals surface area contributed by atoms with E-state index in [1.165, 1.54) is 29.9 Å². The molecule has 0 saturated heterocycles. The zero-order valence-electron chi connectivity index (χ0n) is 17.9. The quantitative estimate of drug-likeness (QED) is 0.597. The number of nitrogens with zero attached hydrogens (tertiary/aromatic N) is 1. The van der Waals surface area contributed by atoms with Gasteiger partial charge in [0.25, 0.3) is 5.56 Å². The van der Waals surface area contributed by atoms with Crippen LogP contribution in [0.4, 0.5) is 0 Å². The second-order valence-electron chi connectivity index (χ2n) is 7.69. The summed E-state index contributed by atoms with van der Waals surface area (Å²) < 4.78 is 6.95. The molecule has 172 valence electrons. The van der Waals surface area contributed by atoms with Gasteiger partial charge >= 0.3 is 5.97 Å². The SMILES string of the molecule is CCOC(=O)/C=c1\s/c(=C\c2cccc(Cl)c2Cl)c(=O)n1CC(=O)NCC1CCCCC1. The van der Waals surface area contributed by atoms with Gasteiger partial charge in [-0.05, 0) is 43.4 Å². The van der Waals surface area contributed by atoms with Gasteiger partial charge in [0.15, 0.2) is 0 Å². The molecule has 1 amide bonds. The van der Waals surface area contributed by atoms with E-state index in [4.69, 9.17) is 27.9 Å². The van der Waals surface area contributed by atoms with Crippen LogP contribution in [0.2, 0.25) is 10.0 Å². The smallest absolute Gasteiger partial charge is 0.333 e. The Bertz CT molecular complexity index is 1150. The molecule has 6 nitrogen and oxygen atoms in total. The summed E-state index contributed by atoms with van der Waals surface area (Å²) in [5.74, 6) is -0.356. The first-order valence-corrected chi connectivity index (χ1v) is 12.3. The zero-order chi connectivity index (χ0) is 23.1. The van der Waals surface area contributed by atoms with Crippen LogP contribution in [-0.4, -0.2) is 29.6 Å². The predicted molar refractivity (Wildman–Crippen MR) is 129 cm³/mol. The third kappa shape index (κ3) is 6.47. The van der Waals surface area contributed by atoms with Crippen molar-refractivity contribution in [1.29, 1.82) is 0 Å². The minimum atomic E-state index is -0.572. The Morgan fingerprint density at radius 3 is 2.72 bits per heavy atom. The van der Waals surface area contributed by atoms with Crippen molar-refractivity contribution in [3.63, 3.8) is 0 Å². The van der Waals surface area contributed by atoms with Crippen LogP contribution in [0.15, 0.2) is 23.0 Å². The van der Waals surface area contributed by atoms with Crippen LogP contribution in [0.25, 0.3) is 12.2 Å². The van der Waals surface area contributed by atoms with Gasteiger partial charge in [-0.3, -0.25) is 14.2 Å². The Balaban J connectivity index is 1.91. The van der Waals surface area contributed by atoms with Crippen LogP contribution in [0.1, 0.15) is 44.6 Å². The number of esters is 1. The van der Waals surface area contributed by atoms with E-state index in [1.54, 1.807) is 31.2 Å². The maximum atomic E-state index is 13.1. The van der Waals surface area contributed by atoms with Gasteiger partial charge in [0.1, 0.15) is 11.2 Å². The van der Waals surface area contributed by atoms with Crippen molar-refractivity contribution >= 4 is 58.6 Å². The fourth-order valence-corrected chi connectivity index (χ4v) is 5.08. The molecule has 0 radical (unpaired) electrons. The summed E-state index contributed by atoms with van der Waals surface area (Å²) in [6.45, 7) is 2.34. The van der Waals surface area contributed by atoms with Crippen LogP contribution in [0.3, 0.4) is 0 Å². The Kier molecular flexibility index (Phi) is 8.96. The summed E-state index contributed by atoms with van der Waals surface area (Å²) in [6, 6.07) is 5.13. The summed E-state index contributed by atoms with van der Waals surface area (Å²) >= 11 is 13.4. The van der Waals surface area contributed by atoms with Gasteiger partial charge in [-0.2, -0.15) is 0 Å². The number of hydrogen-bond donors (Lipinski definition) is 1. The van der Waals surface area contributed by atoms with E-state index >= 15 is 0 Å². The molecule has 1 heterocycles. The molecule has 9 heteroatoms. The number of nitrogens with one attached hydrogen (secondary N) is 1. The zero-order valence-corrected chi connectivity index (χ0v) is 20.2. The molecule has 0 atom stereocenters. The molecule has 2 aromatic rings. The van der Waals surface area contributed by atoms with Gasteiger partial charge in [0, 0.05) is 6.54 Å². The summed E-state index contributed by atoms with van der Waals surface area (Å²) in [5, 5.41) is 3.64. The number of rotatable bonds is 7. The van der Waals surface area contributed by atoms with E-state index in [2.05, 4.69) is 5.32 Å². The van der Waals surface area contributed by atoms with Gasteiger partial charge in [-0.1, -0.05) is 54.6 Å². The summed E-state index contributed by atoms with van der Waals surface area (Å²) in [5.41, 5.74) is 0.198. The molecule has 32 heavy (non-hydrogen) atoms. The molecule has 0 aliphatic heterocycles. The van der Waals surface area contributed by atoms with Crippen molar-refractivity contribution in [3.8, 4) is 0 Å². The predicted octanol–water partition coefficient (Wildman–Crippen LogP) is 3.09. The second kappa shape index (κ2) is 11.7. The van der Waals surface area contributed by atoms with Crippen LogP contribution >= 0.6 is 34.5 Å². The largest absolute Gasteiger partial charge is 0.463 e. The minimum absolute atomic E-state index is 0.176. The lowest BCUT2D eigenvalue weighted by atomic mass is 9.89. The van der Waals surface area contributed by atoms with Gasteiger partial charge in [0.05, 0.1) is 27.3 Å². The van der Waals surface area contributed by atoms with Gasteiger partial charge in [-0.25, -0.2) is 4.79 Å². The highest BCUT2D eigenvalue weighted by atomic mass is 35.5. The Morgan fingerprint density at radius 2 is 2.00 bits per heavy atom. The maximum absolute atomic E-state index is 13.1. The lowest BCUT2D eigenvalue weighted by Crippen LogP contribution is -2.39. The van der Waals surface area contributed by atoms with Crippen molar-refractivity contribution < 1.29 is 14.3 Å². The standard InChI is InChI=1S/C23H26Cl2N2O4S/c1-2-31-21(29)12-20-27(14-19(28)26-13-15-7-4-3-5-8-15)23(30)18(32-20)11-16-9-6-10-17(24)22(16)25/h6,9-12,15H,2-5,7-8,13-14H2,1H3,(H,26,28)/b18-11-,20-12-. The highest BCUT2D eigenvalue weighted by Crippen LogP contribution is 2.25. The Hall–Kier alpha value is -2.09. The van der Waals surface area contributed by atoms with Crippen LogP contribution in [0, 0.1) is 5.92 Å². The normalized spacial score (nSPS) is 15.7. The topological polar surface area (TPSA) is 77.4 Å². The van der Waals surface area contributed by atoms with E-state index in [0.29, 0.717) is 37.3 Å². The molecule has 1 aromatic heterocycles. The first-order chi connectivity index (χ1) is 15.4. The van der Waals surface area contributed by atoms with E-state index in [-0.39, 0.29) is 24.6 Å². The fraction of sp³-hybridized carbons (Fsp3) is 0.435. The van der Waals surface area contributed by atoms with Crippen molar-refractivity contribution in [3.05, 3.63) is 53.4 Å². The van der Waals surface area contributed by atoms with Gasteiger partial charge < -0.3 is 10.1 Å². The average molecular weight is 497 g/mol. The monoisotopic (exact) mass is 496 g/mol. The fourth-order valence-electron chi connectivity index (χ4n) is 3.70.